The third-order valence-corrected chi connectivity index (χ3v) is 6.49. The van der Waals surface area contributed by atoms with Crippen molar-refractivity contribution in [2.24, 2.45) is 11.1 Å². The molecule has 0 saturated carbocycles. The van der Waals surface area contributed by atoms with Crippen molar-refractivity contribution < 1.29 is 14.1 Å². The van der Waals surface area contributed by atoms with Crippen LogP contribution in [0.5, 0.6) is 5.75 Å². The van der Waals surface area contributed by atoms with Gasteiger partial charge in [0, 0.05) is 30.1 Å². The summed E-state index contributed by atoms with van der Waals surface area (Å²) in [5, 5.41) is 16.8. The number of fused-ring (bicyclic) bond motifs is 1. The first-order valence-corrected chi connectivity index (χ1v) is 12.1. The molecule has 9 nitrogen and oxygen atoms in total. The smallest absolute Gasteiger partial charge is 0.258 e. The van der Waals surface area contributed by atoms with Crippen LogP contribution in [0.3, 0.4) is 0 Å². The van der Waals surface area contributed by atoms with E-state index in [9.17, 15) is 15.0 Å². The van der Waals surface area contributed by atoms with Crippen molar-refractivity contribution in [1.29, 1.82) is 5.26 Å². The summed E-state index contributed by atoms with van der Waals surface area (Å²) in [7, 11) is 1.98. The third-order valence-electron chi connectivity index (χ3n) is 6.49. The number of aldehydes is 1. The van der Waals surface area contributed by atoms with Crippen LogP contribution in [-0.2, 0) is 11.2 Å². The molecular formula is C27H29N5O4. The van der Waals surface area contributed by atoms with E-state index in [-0.39, 0.29) is 24.6 Å². The molecule has 3 aromatic rings. The van der Waals surface area contributed by atoms with E-state index in [0.29, 0.717) is 41.6 Å². The number of hydrogen-bond donors (Lipinski definition) is 0. The minimum absolute atomic E-state index is 0.0499. The largest absolute Gasteiger partial charge is 0.490 e. The SMILES string of the molecule is CC(C)Oc1ccc(-c2nc(-c3cccc4c3CC(CCC=O)C4N(C)CCN=O)no2)cc1C#N. The lowest BCUT2D eigenvalue weighted by molar-refractivity contribution is -0.108. The topological polar surface area (TPSA) is 122 Å². The van der Waals surface area contributed by atoms with Gasteiger partial charge in [-0.05, 0) is 69.0 Å². The van der Waals surface area contributed by atoms with Crippen molar-refractivity contribution in [3.63, 3.8) is 0 Å². The zero-order valence-electron chi connectivity index (χ0n) is 20.7. The minimum atomic E-state index is -0.0499. The van der Waals surface area contributed by atoms with Crippen LogP contribution in [0.15, 0.2) is 46.1 Å². The second-order valence-corrected chi connectivity index (χ2v) is 9.27. The van der Waals surface area contributed by atoms with E-state index in [1.165, 1.54) is 0 Å². The summed E-state index contributed by atoms with van der Waals surface area (Å²) >= 11 is 0. The van der Waals surface area contributed by atoms with Crippen molar-refractivity contribution >= 4 is 6.29 Å². The summed E-state index contributed by atoms with van der Waals surface area (Å²) < 4.78 is 11.3. The van der Waals surface area contributed by atoms with Crippen LogP contribution >= 0.6 is 0 Å². The lowest BCUT2D eigenvalue weighted by Gasteiger charge is -2.29. The highest BCUT2D eigenvalue weighted by molar-refractivity contribution is 5.67. The number of hydrogen-bond acceptors (Lipinski definition) is 9. The molecular weight excluding hydrogens is 458 g/mol. The fraction of sp³-hybridized carbons (Fsp3) is 0.407. The minimum Gasteiger partial charge on any atom is -0.490 e. The third kappa shape index (κ3) is 5.19. The molecule has 36 heavy (non-hydrogen) atoms. The second kappa shape index (κ2) is 11.2. The highest BCUT2D eigenvalue weighted by atomic mass is 16.5. The van der Waals surface area contributed by atoms with Gasteiger partial charge >= 0.3 is 0 Å². The van der Waals surface area contributed by atoms with Gasteiger partial charge in [0.1, 0.15) is 18.1 Å². The number of nitroso groups, excluding NO2 is 1. The normalized spacial score (nSPS) is 16.7. The van der Waals surface area contributed by atoms with Crippen LogP contribution in [0.25, 0.3) is 22.8 Å². The Morgan fingerprint density at radius 3 is 2.89 bits per heavy atom. The number of likely N-dealkylation sites (N-methyl/N-ethyl adjacent to an activating group) is 1. The number of benzene rings is 2. The van der Waals surface area contributed by atoms with Gasteiger partial charge in [0.25, 0.3) is 5.89 Å². The fourth-order valence-electron chi connectivity index (χ4n) is 4.98. The highest BCUT2D eigenvalue weighted by Crippen LogP contribution is 2.45. The summed E-state index contributed by atoms with van der Waals surface area (Å²) in [5.74, 6) is 1.52. The molecule has 0 bridgehead atoms. The van der Waals surface area contributed by atoms with Crippen LogP contribution in [-0.4, -0.2) is 47.6 Å². The van der Waals surface area contributed by atoms with Crippen LogP contribution in [0.2, 0.25) is 0 Å². The Labute approximate surface area is 210 Å². The number of carbonyl (C=O) groups is 1. The van der Waals surface area contributed by atoms with Gasteiger partial charge in [-0.1, -0.05) is 28.5 Å². The molecule has 0 amide bonds. The van der Waals surface area contributed by atoms with Crippen molar-refractivity contribution in [1.82, 2.24) is 15.0 Å². The number of ether oxygens (including phenoxy) is 1. The molecule has 0 spiro atoms. The molecule has 2 aromatic carbocycles. The van der Waals surface area contributed by atoms with E-state index in [0.717, 1.165) is 35.8 Å². The lowest BCUT2D eigenvalue weighted by Crippen LogP contribution is -2.30. The van der Waals surface area contributed by atoms with Crippen molar-refractivity contribution in [2.75, 3.05) is 20.1 Å². The van der Waals surface area contributed by atoms with Gasteiger partial charge < -0.3 is 14.1 Å². The van der Waals surface area contributed by atoms with Crippen molar-refractivity contribution in [3.05, 3.63) is 58.0 Å². The first-order valence-electron chi connectivity index (χ1n) is 12.1. The first-order chi connectivity index (χ1) is 17.5. The van der Waals surface area contributed by atoms with Crippen molar-refractivity contribution in [2.45, 2.75) is 45.3 Å². The van der Waals surface area contributed by atoms with Gasteiger partial charge in [-0.3, -0.25) is 4.90 Å². The van der Waals surface area contributed by atoms with E-state index in [1.807, 2.05) is 33.0 Å². The van der Waals surface area contributed by atoms with Crippen LogP contribution in [0, 0.1) is 22.2 Å². The molecule has 1 aliphatic carbocycles. The van der Waals surface area contributed by atoms with E-state index in [2.05, 4.69) is 32.4 Å². The molecule has 9 heteroatoms. The second-order valence-electron chi connectivity index (χ2n) is 9.27. The van der Waals surface area contributed by atoms with Crippen LogP contribution < -0.4 is 4.74 Å². The molecule has 4 rings (SSSR count). The van der Waals surface area contributed by atoms with Crippen LogP contribution in [0.4, 0.5) is 0 Å². The Balaban J connectivity index is 1.67. The number of aromatic nitrogens is 2. The fourth-order valence-corrected chi connectivity index (χ4v) is 4.98. The molecule has 186 valence electrons. The van der Waals surface area contributed by atoms with E-state index in [1.54, 1.807) is 18.2 Å². The molecule has 1 heterocycles. The van der Waals surface area contributed by atoms with Gasteiger partial charge in [-0.2, -0.15) is 15.2 Å². The number of nitriles is 1. The van der Waals surface area contributed by atoms with E-state index < -0.39 is 0 Å². The van der Waals surface area contributed by atoms with Gasteiger partial charge in [-0.25, -0.2) is 0 Å². The lowest BCUT2D eigenvalue weighted by atomic mass is 9.94. The maximum Gasteiger partial charge on any atom is 0.258 e. The monoisotopic (exact) mass is 487 g/mol. The molecule has 1 aromatic heterocycles. The Morgan fingerprint density at radius 1 is 1.33 bits per heavy atom. The van der Waals surface area contributed by atoms with Crippen LogP contribution in [0.1, 0.15) is 49.4 Å². The number of rotatable bonds is 11. The Bertz CT molecular complexity index is 1280. The summed E-state index contributed by atoms with van der Waals surface area (Å²) in [5.41, 5.74) is 4.18. The average Bonchev–Trinajstić information content (AvgIpc) is 3.51. The predicted octanol–water partition coefficient (Wildman–Crippen LogP) is 4.95. The molecule has 2 atom stereocenters. The molecule has 2 unspecified atom stereocenters. The highest BCUT2D eigenvalue weighted by Gasteiger charge is 2.36. The zero-order valence-corrected chi connectivity index (χ0v) is 20.7. The van der Waals surface area contributed by atoms with Gasteiger partial charge in [-0.15, -0.1) is 0 Å². The number of nitrogens with zero attached hydrogens (tertiary/aromatic N) is 5. The molecule has 0 saturated heterocycles. The summed E-state index contributed by atoms with van der Waals surface area (Å²) in [6.45, 7) is 4.56. The van der Waals surface area contributed by atoms with Gasteiger partial charge in [0.15, 0.2) is 0 Å². The van der Waals surface area contributed by atoms with E-state index >= 15 is 0 Å². The standard InChI is InChI=1S/C27H29N5O4/c1-17(2)35-24-10-9-19(14-20(24)16-28)27-30-26(31-36-27)22-8-4-7-21-23(22)15-18(6-5-13-33)25(21)32(3)12-11-29-34/h4,7-10,13-14,17-18,25H,5-6,11-12,15H2,1-3H3. The average molecular weight is 488 g/mol. The maximum absolute atomic E-state index is 11.1. The molecule has 0 fully saturated rings. The Hall–Kier alpha value is -3.90. The predicted molar refractivity (Wildman–Crippen MR) is 134 cm³/mol. The number of carbonyl (C=O) groups excluding carboxylic acids is 1. The quantitative estimate of drug-likeness (QED) is 0.275. The van der Waals surface area contributed by atoms with Gasteiger partial charge in [0.05, 0.1) is 18.2 Å². The molecule has 0 aliphatic heterocycles. The summed E-state index contributed by atoms with van der Waals surface area (Å²) in [6, 6.07) is 13.5. The van der Waals surface area contributed by atoms with Gasteiger partial charge in [0.2, 0.25) is 5.82 Å². The maximum atomic E-state index is 11.1. The van der Waals surface area contributed by atoms with Crippen molar-refractivity contribution in [3.8, 4) is 34.7 Å². The van der Waals surface area contributed by atoms with E-state index in [4.69, 9.17) is 9.26 Å². The molecule has 0 radical (unpaired) electrons. The molecule has 1 aliphatic rings. The summed E-state index contributed by atoms with van der Waals surface area (Å²) in [4.78, 5) is 28.6. The molecule has 0 N–H and O–H groups in total. The Kier molecular flexibility index (Phi) is 7.86. The first kappa shape index (κ1) is 25.2. The Morgan fingerprint density at radius 2 is 2.17 bits per heavy atom. The zero-order chi connectivity index (χ0) is 25.7. The summed E-state index contributed by atoms with van der Waals surface area (Å²) in [6.07, 6.45) is 2.90.